The van der Waals surface area contributed by atoms with Gasteiger partial charge in [0.1, 0.15) is 5.82 Å². The van der Waals surface area contributed by atoms with Gasteiger partial charge < -0.3 is 10.2 Å². The van der Waals surface area contributed by atoms with Crippen LogP contribution in [0.3, 0.4) is 0 Å². The smallest absolute Gasteiger partial charge is 0.257 e. The molecule has 104 valence electrons. The van der Waals surface area contributed by atoms with Gasteiger partial charge in [0.15, 0.2) is 0 Å². The number of rotatable bonds is 3. The summed E-state index contributed by atoms with van der Waals surface area (Å²) in [7, 11) is 1.74. The maximum absolute atomic E-state index is 13.8. The molecule has 2 rings (SSSR count). The maximum Gasteiger partial charge on any atom is 0.257 e. The van der Waals surface area contributed by atoms with Gasteiger partial charge in [0.2, 0.25) is 0 Å². The molecule has 1 amide bonds. The van der Waals surface area contributed by atoms with Gasteiger partial charge in [-0.05, 0) is 59.9 Å². The van der Waals surface area contributed by atoms with Crippen LogP contribution in [0, 0.1) is 11.7 Å². The fraction of sp³-hybridized carbons (Fsp3) is 0.500. The number of carbonyl (C=O) groups is 1. The standard InChI is InChI=1S/C14H18BrFN2O/c1-18(9-10-5-7-17-8-6-10)14(19)13-11(15)3-2-4-12(13)16/h2-4,10,17H,5-9H2,1H3. The number of benzene rings is 1. The van der Waals surface area contributed by atoms with Crippen LogP contribution in [0.1, 0.15) is 23.2 Å². The molecule has 0 radical (unpaired) electrons. The highest BCUT2D eigenvalue weighted by Gasteiger charge is 2.22. The zero-order valence-corrected chi connectivity index (χ0v) is 12.5. The molecular formula is C14H18BrFN2O. The van der Waals surface area contributed by atoms with E-state index in [-0.39, 0.29) is 11.5 Å². The Morgan fingerprint density at radius 1 is 1.47 bits per heavy atom. The molecule has 0 atom stereocenters. The minimum absolute atomic E-state index is 0.124. The molecular weight excluding hydrogens is 311 g/mol. The van der Waals surface area contributed by atoms with Crippen LogP contribution in [-0.2, 0) is 0 Å². The Labute approximate surface area is 121 Å². The third-order valence-corrected chi connectivity index (χ3v) is 4.17. The van der Waals surface area contributed by atoms with Crippen LogP contribution in [0.5, 0.6) is 0 Å². The van der Waals surface area contributed by atoms with Crippen molar-refractivity contribution in [2.45, 2.75) is 12.8 Å². The van der Waals surface area contributed by atoms with Gasteiger partial charge in [0, 0.05) is 18.1 Å². The molecule has 1 aromatic rings. The van der Waals surface area contributed by atoms with Crippen molar-refractivity contribution in [1.82, 2.24) is 10.2 Å². The second-order valence-corrected chi connectivity index (χ2v) is 5.83. The van der Waals surface area contributed by atoms with Gasteiger partial charge in [-0.15, -0.1) is 0 Å². The summed E-state index contributed by atoms with van der Waals surface area (Å²) >= 11 is 3.24. The van der Waals surface area contributed by atoms with E-state index in [2.05, 4.69) is 21.2 Å². The van der Waals surface area contributed by atoms with Crippen molar-refractivity contribution in [1.29, 1.82) is 0 Å². The van der Waals surface area contributed by atoms with E-state index < -0.39 is 5.82 Å². The van der Waals surface area contributed by atoms with Gasteiger partial charge in [0.25, 0.3) is 5.91 Å². The molecule has 0 aromatic heterocycles. The first-order valence-electron chi connectivity index (χ1n) is 6.50. The molecule has 0 aliphatic carbocycles. The lowest BCUT2D eigenvalue weighted by Crippen LogP contribution is -2.37. The van der Waals surface area contributed by atoms with Crippen molar-refractivity contribution in [3.05, 3.63) is 34.1 Å². The number of piperidine rings is 1. The van der Waals surface area contributed by atoms with Crippen LogP contribution in [0.15, 0.2) is 22.7 Å². The number of nitrogens with zero attached hydrogens (tertiary/aromatic N) is 1. The Morgan fingerprint density at radius 3 is 2.79 bits per heavy atom. The Morgan fingerprint density at radius 2 is 2.16 bits per heavy atom. The molecule has 3 nitrogen and oxygen atoms in total. The monoisotopic (exact) mass is 328 g/mol. The summed E-state index contributed by atoms with van der Waals surface area (Å²) < 4.78 is 14.3. The molecule has 0 unspecified atom stereocenters. The van der Waals surface area contributed by atoms with Crippen molar-refractivity contribution < 1.29 is 9.18 Å². The van der Waals surface area contributed by atoms with Crippen molar-refractivity contribution >= 4 is 21.8 Å². The zero-order valence-electron chi connectivity index (χ0n) is 11.0. The topological polar surface area (TPSA) is 32.3 Å². The lowest BCUT2D eigenvalue weighted by Gasteiger charge is -2.27. The summed E-state index contributed by atoms with van der Waals surface area (Å²) in [6.45, 7) is 2.67. The van der Waals surface area contributed by atoms with Crippen LogP contribution < -0.4 is 5.32 Å². The SMILES string of the molecule is CN(CC1CCNCC1)C(=O)c1c(F)cccc1Br. The van der Waals surface area contributed by atoms with E-state index >= 15 is 0 Å². The van der Waals surface area contributed by atoms with E-state index in [1.54, 1.807) is 24.1 Å². The third-order valence-electron chi connectivity index (χ3n) is 3.51. The largest absolute Gasteiger partial charge is 0.341 e. The van der Waals surface area contributed by atoms with Crippen molar-refractivity contribution in [2.75, 3.05) is 26.7 Å². The first kappa shape index (κ1) is 14.5. The molecule has 0 bridgehead atoms. The Hall–Kier alpha value is -0.940. The summed E-state index contributed by atoms with van der Waals surface area (Å²) in [5, 5.41) is 3.30. The van der Waals surface area contributed by atoms with Crippen LogP contribution in [0.4, 0.5) is 4.39 Å². The molecule has 1 aliphatic rings. The number of hydrogen-bond acceptors (Lipinski definition) is 2. The van der Waals surface area contributed by atoms with Crippen molar-refractivity contribution in [2.24, 2.45) is 5.92 Å². The minimum atomic E-state index is -0.475. The van der Waals surface area contributed by atoms with Crippen LogP contribution in [0.25, 0.3) is 0 Å². The molecule has 1 fully saturated rings. The second-order valence-electron chi connectivity index (χ2n) is 4.98. The van der Waals surface area contributed by atoms with Crippen molar-refractivity contribution in [3.63, 3.8) is 0 Å². The fourth-order valence-electron chi connectivity index (χ4n) is 2.43. The first-order chi connectivity index (χ1) is 9.09. The van der Waals surface area contributed by atoms with E-state index in [0.29, 0.717) is 16.9 Å². The molecule has 19 heavy (non-hydrogen) atoms. The molecule has 0 saturated carbocycles. The normalized spacial score (nSPS) is 16.4. The lowest BCUT2D eigenvalue weighted by atomic mass is 9.97. The van der Waals surface area contributed by atoms with Crippen LogP contribution in [0.2, 0.25) is 0 Å². The summed E-state index contributed by atoms with van der Waals surface area (Å²) in [6.07, 6.45) is 2.13. The number of nitrogens with one attached hydrogen (secondary N) is 1. The van der Waals surface area contributed by atoms with E-state index in [1.807, 2.05) is 0 Å². The first-order valence-corrected chi connectivity index (χ1v) is 7.29. The number of amides is 1. The van der Waals surface area contributed by atoms with Crippen LogP contribution >= 0.6 is 15.9 Å². The van der Waals surface area contributed by atoms with E-state index in [1.165, 1.54) is 6.07 Å². The average Bonchev–Trinajstić information content (AvgIpc) is 2.39. The molecule has 1 heterocycles. The predicted octanol–water partition coefficient (Wildman–Crippen LogP) is 2.66. The van der Waals surface area contributed by atoms with Gasteiger partial charge in [-0.2, -0.15) is 0 Å². The van der Waals surface area contributed by atoms with Crippen LogP contribution in [-0.4, -0.2) is 37.5 Å². The van der Waals surface area contributed by atoms with E-state index in [0.717, 1.165) is 25.9 Å². The molecule has 5 heteroatoms. The second kappa shape index (κ2) is 6.48. The quantitative estimate of drug-likeness (QED) is 0.925. The van der Waals surface area contributed by atoms with Gasteiger partial charge in [-0.25, -0.2) is 4.39 Å². The highest BCUT2D eigenvalue weighted by Crippen LogP contribution is 2.22. The van der Waals surface area contributed by atoms with Gasteiger partial charge in [0.05, 0.1) is 5.56 Å². The van der Waals surface area contributed by atoms with Gasteiger partial charge in [-0.3, -0.25) is 4.79 Å². The van der Waals surface area contributed by atoms with Gasteiger partial charge in [-0.1, -0.05) is 6.07 Å². The summed E-state index contributed by atoms with van der Waals surface area (Å²) in [5.41, 5.74) is 0.124. The minimum Gasteiger partial charge on any atom is -0.341 e. The Kier molecular flexibility index (Phi) is 4.93. The van der Waals surface area contributed by atoms with Gasteiger partial charge >= 0.3 is 0 Å². The Balaban J connectivity index is 2.06. The lowest BCUT2D eigenvalue weighted by molar-refractivity contribution is 0.0757. The molecule has 1 saturated heterocycles. The van der Waals surface area contributed by atoms with E-state index in [4.69, 9.17) is 0 Å². The zero-order chi connectivity index (χ0) is 13.8. The predicted molar refractivity (Wildman–Crippen MR) is 76.7 cm³/mol. The fourth-order valence-corrected chi connectivity index (χ4v) is 2.94. The molecule has 1 aliphatic heterocycles. The molecule has 0 spiro atoms. The average molecular weight is 329 g/mol. The summed E-state index contributed by atoms with van der Waals surface area (Å²) in [5.74, 6) is -0.235. The highest BCUT2D eigenvalue weighted by molar-refractivity contribution is 9.10. The maximum atomic E-state index is 13.8. The van der Waals surface area contributed by atoms with E-state index in [9.17, 15) is 9.18 Å². The summed E-state index contributed by atoms with van der Waals surface area (Å²) in [4.78, 5) is 13.9. The molecule has 1 aromatic carbocycles. The molecule has 1 N–H and O–H groups in total. The number of halogens is 2. The number of hydrogen-bond donors (Lipinski definition) is 1. The summed E-state index contributed by atoms with van der Waals surface area (Å²) in [6, 6.07) is 4.59. The third kappa shape index (κ3) is 3.54. The van der Waals surface area contributed by atoms with Crippen molar-refractivity contribution in [3.8, 4) is 0 Å². The number of carbonyl (C=O) groups excluding carboxylic acids is 1. The Bertz CT molecular complexity index is 441. The highest BCUT2D eigenvalue weighted by atomic mass is 79.9.